The first kappa shape index (κ1) is 39.8. The molecular formula is C42H52Cl2N6O4. The Morgan fingerprint density at radius 2 is 1.80 bits per heavy atom. The lowest BCUT2D eigenvalue weighted by atomic mass is 9.83. The average molecular weight is 776 g/mol. The van der Waals surface area contributed by atoms with Gasteiger partial charge < -0.3 is 29.6 Å². The number of nitrogens with one attached hydrogen (secondary N) is 2. The van der Waals surface area contributed by atoms with Crippen LogP contribution in [0.5, 0.6) is 11.5 Å². The fourth-order valence-electron chi connectivity index (χ4n) is 7.55. The molecule has 0 saturated carbocycles. The van der Waals surface area contributed by atoms with Crippen molar-refractivity contribution in [3.63, 3.8) is 0 Å². The molecule has 1 aromatic heterocycles. The molecule has 12 heteroatoms. The van der Waals surface area contributed by atoms with Gasteiger partial charge in [0.1, 0.15) is 29.1 Å². The van der Waals surface area contributed by atoms with Gasteiger partial charge in [0.05, 0.1) is 30.6 Å². The minimum atomic E-state index is -0.939. The summed E-state index contributed by atoms with van der Waals surface area (Å²) < 4.78 is 14.6. The lowest BCUT2D eigenvalue weighted by Gasteiger charge is -2.41. The number of hydrogen-bond donors (Lipinski definition) is 2. The van der Waals surface area contributed by atoms with Gasteiger partial charge in [0.2, 0.25) is 11.8 Å². The van der Waals surface area contributed by atoms with Crippen LogP contribution in [0.15, 0.2) is 72.9 Å². The monoisotopic (exact) mass is 774 g/mol. The number of aromatic nitrogens is 2. The summed E-state index contributed by atoms with van der Waals surface area (Å²) in [5.41, 5.74) is 2.66. The summed E-state index contributed by atoms with van der Waals surface area (Å²) in [6.45, 7) is 8.04. The maximum absolute atomic E-state index is 14.2. The average Bonchev–Trinajstić information content (AvgIpc) is 3.66. The molecule has 54 heavy (non-hydrogen) atoms. The molecule has 3 aromatic carbocycles. The van der Waals surface area contributed by atoms with Crippen LogP contribution in [0.25, 0.3) is 11.3 Å². The molecule has 2 aliphatic heterocycles. The second kappa shape index (κ2) is 16.8. The van der Waals surface area contributed by atoms with Gasteiger partial charge in [-0.25, -0.2) is 4.98 Å². The van der Waals surface area contributed by atoms with Gasteiger partial charge >= 0.3 is 0 Å². The Hall–Kier alpha value is -3.93. The van der Waals surface area contributed by atoms with Gasteiger partial charge in [0.25, 0.3) is 0 Å². The number of ether oxygens (including phenoxy) is 2. The molecule has 2 saturated heterocycles. The number of halogens is 2. The van der Waals surface area contributed by atoms with Gasteiger partial charge in [-0.2, -0.15) is 0 Å². The quantitative estimate of drug-likeness (QED) is 0.148. The summed E-state index contributed by atoms with van der Waals surface area (Å²) in [6.07, 6.45) is 5.42. The van der Waals surface area contributed by atoms with E-state index in [9.17, 15) is 9.59 Å². The normalized spacial score (nSPS) is 20.2. The Kier molecular flexibility index (Phi) is 12.4. The highest BCUT2D eigenvalue weighted by Gasteiger charge is 2.49. The second-order valence-electron chi connectivity index (χ2n) is 15.5. The highest BCUT2D eigenvalue weighted by Crippen LogP contribution is 2.34. The molecule has 2 aliphatic rings. The van der Waals surface area contributed by atoms with Crippen LogP contribution in [0.1, 0.15) is 57.0 Å². The van der Waals surface area contributed by atoms with E-state index in [1.165, 1.54) is 0 Å². The number of aryl methyl sites for hydroxylation is 1. The minimum absolute atomic E-state index is 0.123. The van der Waals surface area contributed by atoms with Gasteiger partial charge in [-0.05, 0) is 126 Å². The molecule has 4 aromatic rings. The highest BCUT2D eigenvalue weighted by atomic mass is 35.5. The first-order chi connectivity index (χ1) is 25.7. The first-order valence-corrected chi connectivity index (χ1v) is 19.5. The third-order valence-electron chi connectivity index (χ3n) is 10.6. The predicted molar refractivity (Wildman–Crippen MR) is 214 cm³/mol. The number of imidazole rings is 1. The van der Waals surface area contributed by atoms with Crippen molar-refractivity contribution in [1.29, 1.82) is 0 Å². The Bertz CT molecular complexity index is 1920. The minimum Gasteiger partial charge on any atom is -0.457 e. The van der Waals surface area contributed by atoms with Crippen LogP contribution in [-0.4, -0.2) is 82.3 Å². The van der Waals surface area contributed by atoms with Gasteiger partial charge in [-0.3, -0.25) is 14.5 Å². The Balaban J connectivity index is 1.12. The van der Waals surface area contributed by atoms with Gasteiger partial charge in [0, 0.05) is 35.1 Å². The van der Waals surface area contributed by atoms with Crippen molar-refractivity contribution in [1.82, 2.24) is 30.0 Å². The second-order valence-corrected chi connectivity index (χ2v) is 16.4. The van der Waals surface area contributed by atoms with Crippen molar-refractivity contribution >= 4 is 35.0 Å². The lowest BCUT2D eigenvalue weighted by molar-refractivity contribution is -0.153. The smallest absolute Gasteiger partial charge is 0.245 e. The molecule has 0 unspecified atom stereocenters. The third-order valence-corrected chi connectivity index (χ3v) is 11.0. The largest absolute Gasteiger partial charge is 0.457 e. The molecule has 288 valence electrons. The summed E-state index contributed by atoms with van der Waals surface area (Å²) in [6, 6.07) is 20.5. The van der Waals surface area contributed by atoms with Crippen molar-refractivity contribution < 1.29 is 19.1 Å². The number of hydrogen-bond acceptors (Lipinski definition) is 7. The zero-order valence-corrected chi connectivity index (χ0v) is 33.6. The molecule has 0 bridgehead atoms. The van der Waals surface area contributed by atoms with E-state index in [0.29, 0.717) is 47.4 Å². The van der Waals surface area contributed by atoms with Crippen LogP contribution in [-0.2, 0) is 40.8 Å². The van der Waals surface area contributed by atoms with Crippen LogP contribution in [0.4, 0.5) is 0 Å². The summed E-state index contributed by atoms with van der Waals surface area (Å²) in [7, 11) is 6.08. The molecule has 0 aliphatic carbocycles. The molecule has 6 rings (SSSR count). The molecule has 10 nitrogen and oxygen atoms in total. The number of piperidine rings is 1. The number of benzene rings is 3. The van der Waals surface area contributed by atoms with E-state index in [-0.39, 0.29) is 24.3 Å². The van der Waals surface area contributed by atoms with Crippen LogP contribution >= 0.6 is 23.2 Å². The zero-order valence-electron chi connectivity index (χ0n) is 32.1. The first-order valence-electron chi connectivity index (χ1n) is 18.7. The topological polar surface area (TPSA) is 101 Å². The molecule has 3 heterocycles. The molecule has 2 amide bonds. The van der Waals surface area contributed by atoms with Crippen LogP contribution in [0, 0.1) is 5.92 Å². The molecule has 0 spiro atoms. The molecule has 3 atom stereocenters. The van der Waals surface area contributed by atoms with Gasteiger partial charge in [-0.15, -0.1) is 0 Å². The fraction of sp³-hybridized carbons (Fsp3) is 0.452. The predicted octanol–water partition coefficient (Wildman–Crippen LogP) is 7.26. The number of nitrogens with zero attached hydrogens (tertiary/aromatic N) is 4. The van der Waals surface area contributed by atoms with E-state index < -0.39 is 17.3 Å². The van der Waals surface area contributed by atoms with Crippen LogP contribution in [0.3, 0.4) is 0 Å². The van der Waals surface area contributed by atoms with Crippen molar-refractivity contribution in [2.75, 3.05) is 33.8 Å². The SMILES string of the molecule is C[C@H](CCc1ccc(Cl)cc1Oc1ccc(-c2cnc(CN(C)C)n2C)cc1)C(=O)N1[C@H](C(=O)N[C@@]2(Cc3ccc(Cl)cc3)CCCNC2)COC1(C)C. The third kappa shape index (κ3) is 9.29. The Morgan fingerprint density at radius 1 is 1.07 bits per heavy atom. The van der Waals surface area contributed by atoms with E-state index in [4.69, 9.17) is 32.7 Å². The van der Waals surface area contributed by atoms with E-state index >= 15 is 0 Å². The van der Waals surface area contributed by atoms with Gasteiger partial charge in [-0.1, -0.05) is 48.3 Å². The van der Waals surface area contributed by atoms with Gasteiger partial charge in [0.15, 0.2) is 0 Å². The summed E-state index contributed by atoms with van der Waals surface area (Å²) in [4.78, 5) is 36.7. The lowest BCUT2D eigenvalue weighted by Crippen LogP contribution is -2.63. The van der Waals surface area contributed by atoms with E-state index in [1.54, 1.807) is 4.90 Å². The summed E-state index contributed by atoms with van der Waals surface area (Å²) in [5, 5.41) is 8.08. The number of carbonyl (C=O) groups excluding carboxylic acids is 2. The number of carbonyl (C=O) groups is 2. The summed E-state index contributed by atoms with van der Waals surface area (Å²) >= 11 is 12.6. The molecular weight excluding hydrogens is 723 g/mol. The fourth-order valence-corrected chi connectivity index (χ4v) is 7.84. The maximum atomic E-state index is 14.2. The molecule has 2 N–H and O–H groups in total. The molecule has 2 fully saturated rings. The maximum Gasteiger partial charge on any atom is 0.245 e. The van der Waals surface area contributed by atoms with Crippen LogP contribution in [0.2, 0.25) is 10.0 Å². The molecule has 0 radical (unpaired) electrons. The van der Waals surface area contributed by atoms with E-state index in [0.717, 1.165) is 54.1 Å². The van der Waals surface area contributed by atoms with Crippen molar-refractivity contribution in [2.45, 2.75) is 76.7 Å². The number of rotatable bonds is 13. The summed E-state index contributed by atoms with van der Waals surface area (Å²) in [5.74, 6) is 1.59. The van der Waals surface area contributed by atoms with E-state index in [1.807, 2.05) is 115 Å². The highest BCUT2D eigenvalue weighted by molar-refractivity contribution is 6.31. The zero-order chi connectivity index (χ0) is 38.6. The Morgan fingerprint density at radius 3 is 2.48 bits per heavy atom. The number of amides is 2. The Labute approximate surface area is 329 Å². The van der Waals surface area contributed by atoms with Crippen LogP contribution < -0.4 is 15.4 Å². The van der Waals surface area contributed by atoms with Crippen molar-refractivity contribution in [3.05, 3.63) is 99.9 Å². The van der Waals surface area contributed by atoms with E-state index in [2.05, 4.69) is 25.1 Å². The van der Waals surface area contributed by atoms with Crippen molar-refractivity contribution in [2.24, 2.45) is 13.0 Å². The standard InChI is InChI=1S/C42H52Cl2N6O4/c1-28(8-11-31-12-17-33(44)22-37(31)54-34-18-13-30(14-19-34)35-24-46-38(49(35)6)25-48(4)5)40(52)50-36(26-53-41(50,2)3)39(51)47-42(20-7-21-45-27-42)23-29-9-15-32(43)16-10-29/h9-10,12-19,22,24,28,36,45H,7-8,11,20-21,23,25-27H2,1-6H3,(H,47,51)/t28-,36+,42-/m1/s1. The van der Waals surface area contributed by atoms with Crippen molar-refractivity contribution in [3.8, 4) is 22.8 Å².